The van der Waals surface area contributed by atoms with Crippen molar-refractivity contribution in [1.82, 2.24) is 0 Å². The Morgan fingerprint density at radius 2 is 1.04 bits per heavy atom. The van der Waals surface area contributed by atoms with Crippen LogP contribution in [0.25, 0.3) is 58.4 Å². The van der Waals surface area contributed by atoms with Crippen molar-refractivity contribution in [1.29, 1.82) is 0 Å². The molecule has 1 heterocycles. The van der Waals surface area contributed by atoms with E-state index in [0.29, 0.717) is 0 Å². The van der Waals surface area contributed by atoms with Crippen molar-refractivity contribution in [2.75, 3.05) is 4.90 Å². The summed E-state index contributed by atoms with van der Waals surface area (Å²) in [5.41, 5.74) is 14.7. The fourth-order valence-corrected chi connectivity index (χ4v) is 11.4. The fraction of sp³-hybridized carbons (Fsp3) is 0.0588. The highest BCUT2D eigenvalue weighted by Crippen LogP contribution is 2.65. The number of hydrogen-bond acceptors (Lipinski definition) is 2. The Morgan fingerprint density at radius 3 is 1.77 bits per heavy atom. The number of benzene rings is 8. The van der Waals surface area contributed by atoms with Gasteiger partial charge in [0.25, 0.3) is 0 Å². The topological polar surface area (TPSA) is 3.24 Å². The van der Waals surface area contributed by atoms with E-state index in [1.807, 2.05) is 11.3 Å². The first-order valence-corrected chi connectivity index (χ1v) is 19.5. The van der Waals surface area contributed by atoms with Gasteiger partial charge >= 0.3 is 0 Å². The Hall–Kier alpha value is -6.22. The van der Waals surface area contributed by atoms with E-state index in [1.54, 1.807) is 0 Å². The van der Waals surface area contributed by atoms with Crippen LogP contribution in [-0.2, 0) is 5.41 Å². The molecular weight excluding hydrogens is 659 g/mol. The molecule has 0 saturated heterocycles. The summed E-state index contributed by atoms with van der Waals surface area (Å²) in [6.07, 6.45) is 4.53. The molecule has 3 aliphatic rings. The van der Waals surface area contributed by atoms with E-state index in [9.17, 15) is 0 Å². The lowest BCUT2D eigenvalue weighted by atomic mass is 9.69. The minimum Gasteiger partial charge on any atom is -0.313 e. The van der Waals surface area contributed by atoms with Gasteiger partial charge in [-0.25, -0.2) is 0 Å². The van der Waals surface area contributed by atoms with Crippen LogP contribution in [0.5, 0.6) is 0 Å². The average Bonchev–Trinajstić information content (AvgIpc) is 3.85. The molecule has 1 spiro atoms. The van der Waals surface area contributed by atoms with Crippen molar-refractivity contribution in [3.63, 3.8) is 0 Å². The number of thiophene rings is 1. The Morgan fingerprint density at radius 1 is 0.453 bits per heavy atom. The predicted octanol–water partition coefficient (Wildman–Crippen LogP) is 14.0. The molecule has 9 aromatic rings. The van der Waals surface area contributed by atoms with E-state index in [-0.39, 0.29) is 0 Å². The highest BCUT2D eigenvalue weighted by atomic mass is 32.1. The Bertz CT molecular complexity index is 3000. The molecule has 0 aliphatic heterocycles. The van der Waals surface area contributed by atoms with Gasteiger partial charge in [0.05, 0.1) is 16.8 Å². The number of anilines is 2. The van der Waals surface area contributed by atoms with Gasteiger partial charge < -0.3 is 4.90 Å². The summed E-state index contributed by atoms with van der Waals surface area (Å²) in [5.74, 6) is 0. The van der Waals surface area contributed by atoms with Gasteiger partial charge in [0, 0.05) is 42.2 Å². The van der Waals surface area contributed by atoms with Crippen LogP contribution in [0, 0.1) is 0 Å². The third kappa shape index (κ3) is 3.86. The van der Waals surface area contributed by atoms with Gasteiger partial charge in [-0.2, -0.15) is 0 Å². The van der Waals surface area contributed by atoms with Crippen molar-refractivity contribution in [2.24, 2.45) is 0 Å². The van der Waals surface area contributed by atoms with Crippen LogP contribution in [0.3, 0.4) is 0 Å². The summed E-state index contributed by atoms with van der Waals surface area (Å²) in [4.78, 5) is 2.59. The second kappa shape index (κ2) is 10.9. The third-order valence-electron chi connectivity index (χ3n) is 12.2. The fourth-order valence-electron chi connectivity index (χ4n) is 10.1. The summed E-state index contributed by atoms with van der Waals surface area (Å²) >= 11 is 1.95. The maximum Gasteiger partial charge on any atom is 0.0723 e. The van der Waals surface area contributed by atoms with Gasteiger partial charge in [0.15, 0.2) is 0 Å². The van der Waals surface area contributed by atoms with E-state index in [2.05, 4.69) is 181 Å². The van der Waals surface area contributed by atoms with E-state index >= 15 is 0 Å². The summed E-state index contributed by atoms with van der Waals surface area (Å²) < 4.78 is 2.74. The first-order chi connectivity index (χ1) is 26.3. The summed E-state index contributed by atoms with van der Waals surface area (Å²) in [5, 5.41) is 7.73. The SMILES string of the molecule is C1=C(N(c2cccc3ccccc23)c2cccc3ccccc23)CCC2=C1C1(c3ccccc32)c2ccccc2-c2c1ccc1c2sc2ccccc21. The molecular formula is C51H33NS. The largest absolute Gasteiger partial charge is 0.313 e. The molecule has 0 bridgehead atoms. The predicted molar refractivity (Wildman–Crippen MR) is 225 cm³/mol. The van der Waals surface area contributed by atoms with Crippen LogP contribution in [0.1, 0.15) is 35.1 Å². The van der Waals surface area contributed by atoms with Crippen molar-refractivity contribution in [3.8, 4) is 11.1 Å². The van der Waals surface area contributed by atoms with Crippen molar-refractivity contribution in [3.05, 3.63) is 209 Å². The van der Waals surface area contributed by atoms with Crippen molar-refractivity contribution >= 4 is 70.0 Å². The molecule has 0 fully saturated rings. The molecule has 53 heavy (non-hydrogen) atoms. The lowest BCUT2D eigenvalue weighted by molar-refractivity contribution is 0.774. The first kappa shape index (κ1) is 29.4. The molecule has 1 aromatic heterocycles. The number of nitrogens with zero attached hydrogens (tertiary/aromatic N) is 1. The molecule has 248 valence electrons. The van der Waals surface area contributed by atoms with Crippen LogP contribution < -0.4 is 4.90 Å². The molecule has 0 amide bonds. The van der Waals surface area contributed by atoms with Gasteiger partial charge in [-0.1, -0.05) is 152 Å². The van der Waals surface area contributed by atoms with Gasteiger partial charge in [0.1, 0.15) is 0 Å². The van der Waals surface area contributed by atoms with Crippen LogP contribution in [0.2, 0.25) is 0 Å². The molecule has 0 N–H and O–H groups in total. The van der Waals surface area contributed by atoms with Crippen molar-refractivity contribution in [2.45, 2.75) is 18.3 Å². The maximum absolute atomic E-state index is 2.60. The van der Waals surface area contributed by atoms with E-state index in [1.165, 1.54) is 103 Å². The van der Waals surface area contributed by atoms with Gasteiger partial charge in [-0.05, 0) is 86.9 Å². The molecule has 1 unspecified atom stereocenters. The number of allylic oxidation sites excluding steroid dienone is 4. The second-order valence-electron chi connectivity index (χ2n) is 14.7. The monoisotopic (exact) mass is 691 g/mol. The summed E-state index contributed by atoms with van der Waals surface area (Å²) in [6, 6.07) is 63.5. The zero-order valence-corrected chi connectivity index (χ0v) is 29.8. The van der Waals surface area contributed by atoms with Crippen LogP contribution >= 0.6 is 11.3 Å². The minimum absolute atomic E-state index is 0.406. The van der Waals surface area contributed by atoms with E-state index in [0.717, 1.165) is 12.8 Å². The van der Waals surface area contributed by atoms with Gasteiger partial charge in [-0.3, -0.25) is 0 Å². The van der Waals surface area contributed by atoms with Crippen molar-refractivity contribution < 1.29 is 0 Å². The summed E-state index contributed by atoms with van der Waals surface area (Å²) in [7, 11) is 0. The third-order valence-corrected chi connectivity index (χ3v) is 13.4. The molecule has 1 nitrogen and oxygen atoms in total. The minimum atomic E-state index is -0.406. The molecule has 8 aromatic carbocycles. The molecule has 2 heteroatoms. The van der Waals surface area contributed by atoms with Crippen LogP contribution in [0.15, 0.2) is 187 Å². The molecule has 0 saturated carbocycles. The lowest BCUT2D eigenvalue weighted by Gasteiger charge is -2.36. The smallest absolute Gasteiger partial charge is 0.0723 e. The standard InChI is InChI=1S/C51H33NS/c1-3-17-35-32(13-1)15-11-24-46(35)52(47-25-12-16-33-14-2-4-18-36(33)47)34-27-28-38-37-19-5-8-22-42(37)51(45(38)31-34)43-23-9-6-21-41(43)49-44(51)30-29-40-39-20-7-10-26-48(39)53-50(40)49/h1-26,29-31H,27-28H2. The molecule has 12 rings (SSSR count). The second-order valence-corrected chi connectivity index (χ2v) is 15.7. The molecule has 1 atom stereocenters. The Kier molecular flexibility index (Phi) is 6.04. The van der Waals surface area contributed by atoms with E-state index < -0.39 is 5.41 Å². The average molecular weight is 692 g/mol. The number of hydrogen-bond donors (Lipinski definition) is 0. The normalized spacial score (nSPS) is 17.0. The first-order valence-electron chi connectivity index (χ1n) is 18.6. The highest BCUT2D eigenvalue weighted by Gasteiger charge is 2.53. The number of fused-ring (bicyclic) bond motifs is 15. The summed E-state index contributed by atoms with van der Waals surface area (Å²) in [6.45, 7) is 0. The zero-order valence-electron chi connectivity index (χ0n) is 29.0. The van der Waals surface area contributed by atoms with Gasteiger partial charge in [0.2, 0.25) is 0 Å². The molecule has 0 radical (unpaired) electrons. The Labute approximate surface area is 312 Å². The quantitative estimate of drug-likeness (QED) is 0.178. The van der Waals surface area contributed by atoms with Crippen LogP contribution in [0.4, 0.5) is 11.4 Å². The molecule has 3 aliphatic carbocycles. The Balaban J connectivity index is 1.17. The van der Waals surface area contributed by atoms with E-state index in [4.69, 9.17) is 0 Å². The van der Waals surface area contributed by atoms with Gasteiger partial charge in [-0.15, -0.1) is 11.3 Å². The highest BCUT2D eigenvalue weighted by molar-refractivity contribution is 7.26. The zero-order chi connectivity index (χ0) is 34.7. The van der Waals surface area contributed by atoms with Crippen LogP contribution in [-0.4, -0.2) is 0 Å². The lowest BCUT2D eigenvalue weighted by Crippen LogP contribution is -2.28. The maximum atomic E-state index is 2.60. The number of rotatable bonds is 3.